The fourth-order valence-electron chi connectivity index (χ4n) is 3.77. The summed E-state index contributed by atoms with van der Waals surface area (Å²) in [4.78, 5) is 0.285. The van der Waals surface area contributed by atoms with Crippen LogP contribution in [0, 0.1) is 20.8 Å². The molecule has 0 spiro atoms. The summed E-state index contributed by atoms with van der Waals surface area (Å²) in [6.45, 7) is 6.32. The first-order valence-corrected chi connectivity index (χ1v) is 13.6. The van der Waals surface area contributed by atoms with Crippen LogP contribution >= 0.6 is 11.3 Å². The molecule has 0 radical (unpaired) electrons. The number of aryl methyl sites for hydroxylation is 3. The lowest BCUT2D eigenvalue weighted by Gasteiger charge is -2.34. The number of piperidine rings is 1. The number of sulfonamides is 2. The predicted molar refractivity (Wildman–Crippen MR) is 116 cm³/mol. The highest BCUT2D eigenvalue weighted by atomic mass is 32.2. The average Bonchev–Trinajstić information content (AvgIpc) is 3.20. The number of thiophene rings is 1. The number of hydrogen-bond donors (Lipinski definition) is 1. The van der Waals surface area contributed by atoms with E-state index in [0.717, 1.165) is 30.4 Å². The maximum Gasteiger partial charge on any atom is 0.252 e. The molecule has 1 unspecified atom stereocenters. The topological polar surface area (TPSA) is 83.6 Å². The lowest BCUT2D eigenvalue weighted by Crippen LogP contribution is -2.44. The van der Waals surface area contributed by atoms with E-state index >= 15 is 0 Å². The Labute approximate surface area is 178 Å². The molecule has 1 atom stereocenters. The molecule has 29 heavy (non-hydrogen) atoms. The quantitative estimate of drug-likeness (QED) is 0.690. The predicted octanol–water partition coefficient (Wildman–Crippen LogP) is 3.59. The van der Waals surface area contributed by atoms with Crippen molar-refractivity contribution in [2.75, 3.05) is 13.1 Å². The van der Waals surface area contributed by atoms with Crippen molar-refractivity contribution in [1.82, 2.24) is 9.03 Å². The van der Waals surface area contributed by atoms with E-state index in [9.17, 15) is 16.8 Å². The van der Waals surface area contributed by atoms with Gasteiger partial charge in [-0.25, -0.2) is 21.6 Å². The molecule has 1 aromatic heterocycles. The summed E-state index contributed by atoms with van der Waals surface area (Å²) in [6.07, 6.45) is 2.97. The smallest absolute Gasteiger partial charge is 0.211 e. The van der Waals surface area contributed by atoms with Gasteiger partial charge >= 0.3 is 0 Å². The summed E-state index contributed by atoms with van der Waals surface area (Å²) in [5.41, 5.74) is 2.69. The Morgan fingerprint density at radius 1 is 1.07 bits per heavy atom. The van der Waals surface area contributed by atoms with Crippen molar-refractivity contribution in [3.63, 3.8) is 0 Å². The van der Waals surface area contributed by atoms with Gasteiger partial charge in [-0.15, -0.1) is 11.3 Å². The van der Waals surface area contributed by atoms with Gasteiger partial charge in [0.1, 0.15) is 4.21 Å². The van der Waals surface area contributed by atoms with Crippen molar-refractivity contribution >= 4 is 31.4 Å². The fourth-order valence-corrected chi connectivity index (χ4v) is 7.97. The molecule has 160 valence electrons. The van der Waals surface area contributed by atoms with Crippen LogP contribution in [0.3, 0.4) is 0 Å². The van der Waals surface area contributed by atoms with E-state index in [1.54, 1.807) is 34.8 Å². The van der Waals surface area contributed by atoms with Gasteiger partial charge in [0.15, 0.2) is 0 Å². The zero-order valence-electron chi connectivity index (χ0n) is 17.0. The number of rotatable bonds is 7. The Kier molecular flexibility index (Phi) is 6.84. The molecule has 2 aromatic rings. The Bertz CT molecular complexity index is 1060. The fraction of sp³-hybridized carbons (Fsp3) is 0.500. The summed E-state index contributed by atoms with van der Waals surface area (Å²) < 4.78 is 56.0. The Morgan fingerprint density at radius 3 is 2.48 bits per heavy atom. The van der Waals surface area contributed by atoms with E-state index in [4.69, 9.17) is 0 Å². The van der Waals surface area contributed by atoms with Gasteiger partial charge in [-0.1, -0.05) is 18.6 Å². The van der Waals surface area contributed by atoms with Crippen molar-refractivity contribution in [3.05, 3.63) is 46.3 Å². The molecule has 3 rings (SSSR count). The number of nitrogens with zero attached hydrogens (tertiary/aromatic N) is 1. The van der Waals surface area contributed by atoms with Crippen LogP contribution in [0.2, 0.25) is 0 Å². The van der Waals surface area contributed by atoms with E-state index in [0.29, 0.717) is 22.7 Å². The molecule has 0 amide bonds. The minimum atomic E-state index is -3.64. The minimum Gasteiger partial charge on any atom is -0.211 e. The second kappa shape index (κ2) is 8.85. The van der Waals surface area contributed by atoms with E-state index in [1.807, 2.05) is 19.9 Å². The van der Waals surface area contributed by atoms with Crippen LogP contribution in [0.1, 0.15) is 42.4 Å². The van der Waals surface area contributed by atoms with E-state index in [-0.39, 0.29) is 17.5 Å². The third kappa shape index (κ3) is 4.91. The third-order valence-electron chi connectivity index (χ3n) is 5.48. The zero-order chi connectivity index (χ0) is 21.2. The van der Waals surface area contributed by atoms with Crippen molar-refractivity contribution in [2.24, 2.45) is 0 Å². The van der Waals surface area contributed by atoms with Crippen LogP contribution in [0.25, 0.3) is 0 Å². The van der Waals surface area contributed by atoms with Crippen LogP contribution in [0.4, 0.5) is 0 Å². The van der Waals surface area contributed by atoms with Gasteiger partial charge in [-0.3, -0.25) is 0 Å². The molecule has 1 fully saturated rings. The molecule has 1 aliphatic heterocycles. The first-order valence-electron chi connectivity index (χ1n) is 9.76. The lowest BCUT2D eigenvalue weighted by molar-refractivity contribution is 0.242. The maximum absolute atomic E-state index is 13.0. The molecule has 1 aromatic carbocycles. The average molecular weight is 457 g/mol. The van der Waals surface area contributed by atoms with Gasteiger partial charge in [-0.2, -0.15) is 4.31 Å². The standard InChI is InChI=1S/C20H28N2O4S3/c1-15-13-17(3)19(14-16(15)2)28(23,24)21-10-9-18-7-4-5-11-22(18)29(25,26)20-8-6-12-27-20/h6,8,12-14,18,21H,4-5,7,9-11H2,1-3H3. The largest absolute Gasteiger partial charge is 0.252 e. The monoisotopic (exact) mass is 456 g/mol. The maximum atomic E-state index is 13.0. The second-order valence-electron chi connectivity index (χ2n) is 7.59. The van der Waals surface area contributed by atoms with Gasteiger partial charge in [0.25, 0.3) is 10.0 Å². The summed E-state index contributed by atoms with van der Waals surface area (Å²) in [6, 6.07) is 6.73. The van der Waals surface area contributed by atoms with Crippen molar-refractivity contribution < 1.29 is 16.8 Å². The summed E-state index contributed by atoms with van der Waals surface area (Å²) >= 11 is 1.21. The first-order chi connectivity index (χ1) is 13.6. The van der Waals surface area contributed by atoms with Crippen LogP contribution in [0.15, 0.2) is 38.8 Å². The van der Waals surface area contributed by atoms with Crippen LogP contribution in [-0.4, -0.2) is 40.3 Å². The normalized spacial score (nSPS) is 18.8. The molecule has 1 saturated heterocycles. The number of benzene rings is 1. The molecule has 0 aliphatic carbocycles. The molecule has 1 aliphatic rings. The summed E-state index contributed by atoms with van der Waals surface area (Å²) in [5.74, 6) is 0. The lowest BCUT2D eigenvalue weighted by atomic mass is 10.0. The highest BCUT2D eigenvalue weighted by molar-refractivity contribution is 7.91. The van der Waals surface area contributed by atoms with E-state index in [1.165, 1.54) is 11.3 Å². The Morgan fingerprint density at radius 2 is 1.79 bits per heavy atom. The van der Waals surface area contributed by atoms with Gasteiger partial charge in [0, 0.05) is 19.1 Å². The zero-order valence-corrected chi connectivity index (χ0v) is 19.5. The van der Waals surface area contributed by atoms with Gasteiger partial charge in [-0.05, 0) is 74.2 Å². The SMILES string of the molecule is Cc1cc(C)c(S(=O)(=O)NCCC2CCCCN2S(=O)(=O)c2cccs2)cc1C. The molecular weight excluding hydrogens is 428 g/mol. The first kappa shape index (κ1) is 22.4. The number of hydrogen-bond acceptors (Lipinski definition) is 5. The molecule has 1 N–H and O–H groups in total. The van der Waals surface area contributed by atoms with E-state index < -0.39 is 20.0 Å². The molecule has 6 nitrogen and oxygen atoms in total. The summed E-state index contributed by atoms with van der Waals surface area (Å²) in [7, 11) is -7.17. The number of nitrogens with one attached hydrogen (secondary N) is 1. The van der Waals surface area contributed by atoms with Crippen molar-refractivity contribution in [2.45, 2.75) is 61.6 Å². The van der Waals surface area contributed by atoms with E-state index in [2.05, 4.69) is 4.72 Å². The minimum absolute atomic E-state index is 0.195. The van der Waals surface area contributed by atoms with Gasteiger partial charge in [0.05, 0.1) is 4.90 Å². The van der Waals surface area contributed by atoms with Gasteiger partial charge < -0.3 is 0 Å². The highest BCUT2D eigenvalue weighted by Gasteiger charge is 2.34. The molecule has 0 saturated carbocycles. The molecule has 2 heterocycles. The Balaban J connectivity index is 1.71. The van der Waals surface area contributed by atoms with Gasteiger partial charge in [0.2, 0.25) is 10.0 Å². The highest BCUT2D eigenvalue weighted by Crippen LogP contribution is 2.29. The molecule has 0 bridgehead atoms. The molecule has 9 heteroatoms. The Hall–Kier alpha value is -1.26. The van der Waals surface area contributed by atoms with Crippen LogP contribution < -0.4 is 4.72 Å². The van der Waals surface area contributed by atoms with Crippen molar-refractivity contribution in [3.8, 4) is 0 Å². The second-order valence-corrected chi connectivity index (χ2v) is 12.4. The summed E-state index contributed by atoms with van der Waals surface area (Å²) in [5, 5.41) is 1.76. The van der Waals surface area contributed by atoms with Crippen LogP contribution in [-0.2, 0) is 20.0 Å². The van der Waals surface area contributed by atoms with Crippen molar-refractivity contribution in [1.29, 1.82) is 0 Å². The van der Waals surface area contributed by atoms with Crippen LogP contribution in [0.5, 0.6) is 0 Å². The molecular formula is C20H28N2O4S3. The third-order valence-corrected chi connectivity index (χ3v) is 10.4.